The van der Waals surface area contributed by atoms with Crippen molar-refractivity contribution in [3.8, 4) is 6.07 Å². The highest BCUT2D eigenvalue weighted by Crippen LogP contribution is 2.25. The second-order valence-corrected chi connectivity index (χ2v) is 3.30. The van der Waals surface area contributed by atoms with E-state index in [-0.39, 0.29) is 22.3 Å². The molecule has 0 amide bonds. The summed E-state index contributed by atoms with van der Waals surface area (Å²) < 4.78 is 25.0. The van der Waals surface area contributed by atoms with Crippen molar-refractivity contribution >= 4 is 15.9 Å². The third-order valence-electron chi connectivity index (χ3n) is 1.85. The van der Waals surface area contributed by atoms with Crippen LogP contribution in [0.5, 0.6) is 0 Å². The number of aliphatic hydroxyl groups excluding tert-OH is 1. The molecule has 15 heavy (non-hydrogen) atoms. The molecule has 1 heterocycles. The maximum absolute atomic E-state index is 12.5. The van der Waals surface area contributed by atoms with E-state index in [2.05, 4.69) is 20.9 Å². The summed E-state index contributed by atoms with van der Waals surface area (Å²) in [5.74, 6) is 0. The molecule has 1 aromatic rings. The Hall–Kier alpha value is -1.06. The summed E-state index contributed by atoms with van der Waals surface area (Å²) in [6.07, 6.45) is -2.70. The topological polar surface area (TPSA) is 56.9 Å². The zero-order valence-electron chi connectivity index (χ0n) is 7.54. The lowest BCUT2D eigenvalue weighted by molar-refractivity contribution is 0.146. The Morgan fingerprint density at radius 2 is 2.27 bits per heavy atom. The van der Waals surface area contributed by atoms with E-state index < -0.39 is 13.0 Å². The molecule has 0 aromatic carbocycles. The van der Waals surface area contributed by atoms with Gasteiger partial charge in [-0.15, -0.1) is 0 Å². The number of pyridine rings is 1. The summed E-state index contributed by atoms with van der Waals surface area (Å²) in [6, 6.07) is 2.98. The predicted octanol–water partition coefficient (Wildman–Crippen LogP) is 2.28. The first kappa shape index (κ1) is 12.0. The minimum atomic E-state index is -2.70. The Bertz CT molecular complexity index is 404. The lowest BCUT2D eigenvalue weighted by Gasteiger charge is -2.08. The molecule has 1 aromatic heterocycles. The molecule has 6 heteroatoms. The fourth-order valence-electron chi connectivity index (χ4n) is 1.12. The highest BCUT2D eigenvalue weighted by molar-refractivity contribution is 9.08. The lowest BCUT2D eigenvalue weighted by Crippen LogP contribution is -2.03. The van der Waals surface area contributed by atoms with Crippen LogP contribution in [-0.2, 0) is 11.9 Å². The van der Waals surface area contributed by atoms with E-state index in [9.17, 15) is 8.78 Å². The Balaban J connectivity index is 3.36. The predicted molar refractivity (Wildman–Crippen MR) is 52.5 cm³/mol. The number of aromatic nitrogens is 1. The number of alkyl halides is 3. The zero-order valence-corrected chi connectivity index (χ0v) is 9.13. The molecular formula is C9H7BrF2N2O. The Morgan fingerprint density at radius 3 is 2.67 bits per heavy atom. The van der Waals surface area contributed by atoms with E-state index in [1.807, 2.05) is 0 Å². The van der Waals surface area contributed by atoms with Gasteiger partial charge in [-0.2, -0.15) is 5.26 Å². The molecule has 0 saturated carbocycles. The molecule has 0 radical (unpaired) electrons. The van der Waals surface area contributed by atoms with E-state index in [1.165, 1.54) is 6.07 Å². The van der Waals surface area contributed by atoms with Gasteiger partial charge in [0.15, 0.2) is 0 Å². The van der Waals surface area contributed by atoms with Gasteiger partial charge in [-0.25, -0.2) is 13.8 Å². The quantitative estimate of drug-likeness (QED) is 0.862. The summed E-state index contributed by atoms with van der Waals surface area (Å²) >= 11 is 3.08. The van der Waals surface area contributed by atoms with Gasteiger partial charge in [-0.05, 0) is 11.6 Å². The van der Waals surface area contributed by atoms with E-state index in [0.29, 0.717) is 5.56 Å². The van der Waals surface area contributed by atoms with E-state index in [0.717, 1.165) is 0 Å². The lowest BCUT2D eigenvalue weighted by atomic mass is 10.1. The monoisotopic (exact) mass is 276 g/mol. The van der Waals surface area contributed by atoms with Crippen molar-refractivity contribution in [1.29, 1.82) is 5.26 Å². The number of rotatable bonds is 3. The van der Waals surface area contributed by atoms with Gasteiger partial charge in [0.25, 0.3) is 6.43 Å². The SMILES string of the molecule is N#Cc1nc(CO)c(C(F)F)cc1CBr. The van der Waals surface area contributed by atoms with E-state index in [4.69, 9.17) is 10.4 Å². The molecule has 0 atom stereocenters. The van der Waals surface area contributed by atoms with Gasteiger partial charge in [0.2, 0.25) is 0 Å². The highest BCUT2D eigenvalue weighted by atomic mass is 79.9. The second-order valence-electron chi connectivity index (χ2n) is 2.74. The van der Waals surface area contributed by atoms with Crippen molar-refractivity contribution in [3.63, 3.8) is 0 Å². The minimum absolute atomic E-state index is 0.0559. The molecule has 80 valence electrons. The van der Waals surface area contributed by atoms with Gasteiger partial charge in [0, 0.05) is 10.9 Å². The van der Waals surface area contributed by atoms with Gasteiger partial charge in [-0.3, -0.25) is 0 Å². The van der Waals surface area contributed by atoms with Crippen LogP contribution in [0, 0.1) is 11.3 Å². The molecule has 0 aliphatic heterocycles. The Kier molecular flexibility index (Phi) is 4.12. The molecule has 0 aliphatic carbocycles. The summed E-state index contributed by atoms with van der Waals surface area (Å²) in [5.41, 5.74) is -0.0254. The van der Waals surface area contributed by atoms with Crippen molar-refractivity contribution in [2.45, 2.75) is 18.4 Å². The van der Waals surface area contributed by atoms with Gasteiger partial charge in [0.05, 0.1) is 12.3 Å². The van der Waals surface area contributed by atoms with Gasteiger partial charge in [-0.1, -0.05) is 15.9 Å². The second kappa shape index (κ2) is 5.14. The average molecular weight is 277 g/mol. The molecule has 0 aliphatic rings. The average Bonchev–Trinajstić information content (AvgIpc) is 2.26. The van der Waals surface area contributed by atoms with Crippen molar-refractivity contribution in [2.75, 3.05) is 0 Å². The van der Waals surface area contributed by atoms with Crippen LogP contribution in [0.15, 0.2) is 6.07 Å². The van der Waals surface area contributed by atoms with Crippen LogP contribution in [0.2, 0.25) is 0 Å². The molecular weight excluding hydrogens is 270 g/mol. The molecule has 1 rings (SSSR count). The maximum Gasteiger partial charge on any atom is 0.265 e. The van der Waals surface area contributed by atoms with Gasteiger partial charge >= 0.3 is 0 Å². The minimum Gasteiger partial charge on any atom is -0.390 e. The van der Waals surface area contributed by atoms with Crippen molar-refractivity contribution in [3.05, 3.63) is 28.6 Å². The zero-order chi connectivity index (χ0) is 11.4. The van der Waals surface area contributed by atoms with E-state index in [1.54, 1.807) is 6.07 Å². The van der Waals surface area contributed by atoms with Crippen molar-refractivity contribution < 1.29 is 13.9 Å². The third kappa shape index (κ3) is 2.49. The standard InChI is InChI=1S/C9H7BrF2N2O/c10-2-5-1-6(9(11)12)8(4-15)14-7(5)3-13/h1,9,15H,2,4H2. The first-order valence-corrected chi connectivity index (χ1v) is 5.14. The largest absolute Gasteiger partial charge is 0.390 e. The highest BCUT2D eigenvalue weighted by Gasteiger charge is 2.17. The van der Waals surface area contributed by atoms with Crippen molar-refractivity contribution in [2.24, 2.45) is 0 Å². The first-order valence-electron chi connectivity index (χ1n) is 4.01. The normalized spacial score (nSPS) is 10.4. The molecule has 0 saturated heterocycles. The van der Waals surface area contributed by atoms with Crippen LogP contribution >= 0.6 is 15.9 Å². The van der Waals surface area contributed by atoms with Crippen LogP contribution < -0.4 is 0 Å². The number of aliphatic hydroxyl groups is 1. The molecule has 0 spiro atoms. The molecule has 0 fully saturated rings. The number of hydrogen-bond donors (Lipinski definition) is 1. The maximum atomic E-state index is 12.5. The summed E-state index contributed by atoms with van der Waals surface area (Å²) in [4.78, 5) is 3.68. The molecule has 0 bridgehead atoms. The van der Waals surface area contributed by atoms with Crippen molar-refractivity contribution in [1.82, 2.24) is 4.98 Å². The summed E-state index contributed by atoms with van der Waals surface area (Å²) in [7, 11) is 0. The van der Waals surface area contributed by atoms with Crippen LogP contribution in [0.25, 0.3) is 0 Å². The van der Waals surface area contributed by atoms with Crippen LogP contribution in [0.1, 0.15) is 28.9 Å². The van der Waals surface area contributed by atoms with Gasteiger partial charge < -0.3 is 5.11 Å². The molecule has 0 unspecified atom stereocenters. The van der Waals surface area contributed by atoms with Crippen LogP contribution in [0.3, 0.4) is 0 Å². The fourth-order valence-corrected chi connectivity index (χ4v) is 1.55. The Morgan fingerprint density at radius 1 is 1.60 bits per heavy atom. The first-order chi connectivity index (χ1) is 7.13. The van der Waals surface area contributed by atoms with Gasteiger partial charge in [0.1, 0.15) is 11.8 Å². The third-order valence-corrected chi connectivity index (χ3v) is 2.45. The summed E-state index contributed by atoms with van der Waals surface area (Å²) in [6.45, 7) is -0.600. The van der Waals surface area contributed by atoms with Crippen LogP contribution in [-0.4, -0.2) is 10.1 Å². The summed E-state index contributed by atoms with van der Waals surface area (Å²) in [5, 5.41) is 17.8. The number of nitrogens with zero attached hydrogens (tertiary/aromatic N) is 2. The fraction of sp³-hybridized carbons (Fsp3) is 0.333. The number of hydrogen-bond acceptors (Lipinski definition) is 3. The Labute approximate surface area is 93.5 Å². The number of halogens is 3. The van der Waals surface area contributed by atoms with E-state index >= 15 is 0 Å². The van der Waals surface area contributed by atoms with Crippen LogP contribution in [0.4, 0.5) is 8.78 Å². The molecule has 3 nitrogen and oxygen atoms in total. The number of nitriles is 1. The smallest absolute Gasteiger partial charge is 0.265 e. The molecule has 1 N–H and O–H groups in total.